The van der Waals surface area contributed by atoms with E-state index in [-0.39, 0.29) is 29.9 Å². The number of benzene rings is 1. The van der Waals surface area contributed by atoms with Crippen molar-refractivity contribution in [3.8, 4) is 11.3 Å². The molecule has 0 fully saturated rings. The molecule has 0 saturated heterocycles. The summed E-state index contributed by atoms with van der Waals surface area (Å²) in [4.78, 5) is 11.9. The minimum atomic E-state index is -0.276. The summed E-state index contributed by atoms with van der Waals surface area (Å²) in [6.45, 7) is 2.99. The highest BCUT2D eigenvalue weighted by Crippen LogP contribution is 2.23. The molecule has 0 aliphatic rings. The number of halogens is 2. The van der Waals surface area contributed by atoms with Crippen molar-refractivity contribution in [2.75, 3.05) is 13.1 Å². The molecule has 0 radical (unpaired) electrons. The van der Waals surface area contributed by atoms with Gasteiger partial charge >= 0.3 is 0 Å². The van der Waals surface area contributed by atoms with E-state index in [9.17, 15) is 4.79 Å². The Kier molecular flexibility index (Phi) is 6.68. The number of carbonyl (C=O) groups excluding carboxylic acids is 1. The molecule has 0 aliphatic heterocycles. The molecule has 21 heavy (non-hydrogen) atoms. The van der Waals surface area contributed by atoms with Crippen LogP contribution in [0, 0.1) is 5.92 Å². The molecule has 1 aromatic heterocycles. The number of nitrogens with two attached hydrogens (primary N) is 1. The van der Waals surface area contributed by atoms with Crippen LogP contribution in [0.3, 0.4) is 0 Å². The van der Waals surface area contributed by atoms with Crippen LogP contribution < -0.4 is 11.1 Å². The summed E-state index contributed by atoms with van der Waals surface area (Å²) in [5.41, 5.74) is 6.51. The highest BCUT2D eigenvalue weighted by atomic mass is 35.5. The van der Waals surface area contributed by atoms with Gasteiger partial charge in [-0.25, -0.2) is 0 Å². The van der Waals surface area contributed by atoms with Gasteiger partial charge in [-0.05, 0) is 24.6 Å². The van der Waals surface area contributed by atoms with Crippen LogP contribution in [0.2, 0.25) is 5.02 Å². The predicted molar refractivity (Wildman–Crippen MR) is 84.7 cm³/mol. The van der Waals surface area contributed by atoms with Gasteiger partial charge in [0, 0.05) is 23.2 Å². The summed E-state index contributed by atoms with van der Waals surface area (Å²) in [6, 6.07) is 8.76. The fraction of sp³-hybridized carbons (Fsp3) is 0.286. The van der Waals surface area contributed by atoms with Crippen LogP contribution in [-0.4, -0.2) is 24.2 Å². The predicted octanol–water partition coefficient (Wildman–Crippen LogP) is 2.74. The largest absolute Gasteiger partial charge is 0.355 e. The van der Waals surface area contributed by atoms with E-state index in [1.165, 1.54) is 0 Å². The molecule has 1 unspecified atom stereocenters. The lowest BCUT2D eigenvalue weighted by molar-refractivity contribution is 0.0939. The number of aromatic nitrogens is 1. The number of hydrogen-bond acceptors (Lipinski definition) is 4. The summed E-state index contributed by atoms with van der Waals surface area (Å²) < 4.78 is 5.17. The van der Waals surface area contributed by atoms with Gasteiger partial charge in [-0.1, -0.05) is 35.8 Å². The van der Waals surface area contributed by atoms with Crippen LogP contribution in [0.15, 0.2) is 34.9 Å². The number of nitrogens with one attached hydrogen (secondary N) is 1. The molecule has 1 atom stereocenters. The Balaban J connectivity index is 0.00000220. The molecule has 7 heteroatoms. The Morgan fingerprint density at radius 1 is 1.48 bits per heavy atom. The van der Waals surface area contributed by atoms with Crippen molar-refractivity contribution in [1.82, 2.24) is 10.5 Å². The highest BCUT2D eigenvalue weighted by Gasteiger charge is 2.14. The average molecular weight is 330 g/mol. The zero-order valence-electron chi connectivity index (χ0n) is 11.5. The Hall–Kier alpha value is -1.56. The molecule has 0 bridgehead atoms. The van der Waals surface area contributed by atoms with Gasteiger partial charge < -0.3 is 15.6 Å². The molecule has 1 aromatic carbocycles. The third-order valence-electron chi connectivity index (χ3n) is 2.87. The fourth-order valence-corrected chi connectivity index (χ4v) is 1.79. The maximum atomic E-state index is 11.9. The second kappa shape index (κ2) is 8.02. The smallest absolute Gasteiger partial charge is 0.273 e. The molecule has 0 spiro atoms. The van der Waals surface area contributed by atoms with E-state index < -0.39 is 0 Å². The summed E-state index contributed by atoms with van der Waals surface area (Å²) in [5, 5.41) is 7.12. The van der Waals surface area contributed by atoms with E-state index in [0.29, 0.717) is 23.9 Å². The monoisotopic (exact) mass is 329 g/mol. The van der Waals surface area contributed by atoms with Crippen molar-refractivity contribution in [3.63, 3.8) is 0 Å². The molecule has 2 aromatic rings. The summed E-state index contributed by atoms with van der Waals surface area (Å²) >= 11 is 5.91. The van der Waals surface area contributed by atoms with Crippen molar-refractivity contribution < 1.29 is 9.32 Å². The van der Waals surface area contributed by atoms with Gasteiger partial charge in [-0.15, -0.1) is 12.4 Å². The molecule has 0 aliphatic carbocycles. The lowest BCUT2D eigenvalue weighted by Gasteiger charge is -2.08. The molecule has 2 rings (SSSR count). The first-order chi connectivity index (χ1) is 9.60. The topological polar surface area (TPSA) is 81.1 Å². The number of rotatable bonds is 5. The third-order valence-corrected chi connectivity index (χ3v) is 3.10. The van der Waals surface area contributed by atoms with Gasteiger partial charge in [0.15, 0.2) is 11.5 Å². The lowest BCUT2D eigenvalue weighted by atomic mass is 10.1. The molecular weight excluding hydrogens is 313 g/mol. The van der Waals surface area contributed by atoms with Crippen LogP contribution in [0.25, 0.3) is 11.3 Å². The van der Waals surface area contributed by atoms with Crippen LogP contribution in [0.5, 0.6) is 0 Å². The summed E-state index contributed by atoms with van der Waals surface area (Å²) in [6.07, 6.45) is 0. The van der Waals surface area contributed by atoms with Crippen LogP contribution in [0.4, 0.5) is 0 Å². The second-order valence-electron chi connectivity index (χ2n) is 4.64. The average Bonchev–Trinajstić information content (AvgIpc) is 2.94. The number of hydrogen-bond donors (Lipinski definition) is 2. The Morgan fingerprint density at radius 2 is 2.24 bits per heavy atom. The van der Waals surface area contributed by atoms with Crippen molar-refractivity contribution in [2.45, 2.75) is 6.92 Å². The Labute approximate surface area is 134 Å². The van der Waals surface area contributed by atoms with Crippen LogP contribution in [-0.2, 0) is 0 Å². The molecule has 3 N–H and O–H groups in total. The number of amides is 1. The van der Waals surface area contributed by atoms with E-state index in [0.717, 1.165) is 5.56 Å². The van der Waals surface area contributed by atoms with Crippen LogP contribution in [0.1, 0.15) is 17.4 Å². The fourth-order valence-electron chi connectivity index (χ4n) is 1.60. The van der Waals surface area contributed by atoms with Gasteiger partial charge in [0.2, 0.25) is 0 Å². The zero-order valence-corrected chi connectivity index (χ0v) is 13.1. The van der Waals surface area contributed by atoms with Gasteiger partial charge in [-0.2, -0.15) is 0 Å². The lowest BCUT2D eigenvalue weighted by Crippen LogP contribution is -2.31. The maximum absolute atomic E-state index is 11.9. The van der Waals surface area contributed by atoms with Crippen molar-refractivity contribution in [2.24, 2.45) is 11.7 Å². The summed E-state index contributed by atoms with van der Waals surface area (Å²) in [5.74, 6) is 0.449. The summed E-state index contributed by atoms with van der Waals surface area (Å²) in [7, 11) is 0. The van der Waals surface area contributed by atoms with E-state index in [1.54, 1.807) is 18.2 Å². The zero-order chi connectivity index (χ0) is 14.5. The Bertz CT molecular complexity index is 601. The number of carbonyl (C=O) groups is 1. The first-order valence-electron chi connectivity index (χ1n) is 6.31. The molecule has 0 saturated carbocycles. The first-order valence-corrected chi connectivity index (χ1v) is 6.69. The Morgan fingerprint density at radius 3 is 2.90 bits per heavy atom. The van der Waals surface area contributed by atoms with E-state index in [4.69, 9.17) is 21.9 Å². The highest BCUT2D eigenvalue weighted by molar-refractivity contribution is 6.30. The van der Waals surface area contributed by atoms with Gasteiger partial charge in [0.25, 0.3) is 5.91 Å². The van der Waals surface area contributed by atoms with E-state index in [1.807, 2.05) is 19.1 Å². The minimum absolute atomic E-state index is 0. The van der Waals surface area contributed by atoms with Gasteiger partial charge in [0.05, 0.1) is 0 Å². The molecule has 1 amide bonds. The normalized spacial score (nSPS) is 11.6. The standard InChI is InChI=1S/C14H16ClN3O2.ClH/c1-9(7-16)8-17-14(19)12-6-13(20-18-12)10-3-2-4-11(15)5-10;/h2-6,9H,7-8,16H2,1H3,(H,17,19);1H. The van der Waals surface area contributed by atoms with E-state index in [2.05, 4.69) is 10.5 Å². The van der Waals surface area contributed by atoms with Crippen LogP contribution >= 0.6 is 24.0 Å². The van der Waals surface area contributed by atoms with E-state index >= 15 is 0 Å². The van der Waals surface area contributed by atoms with Crippen molar-refractivity contribution >= 4 is 29.9 Å². The maximum Gasteiger partial charge on any atom is 0.273 e. The van der Waals surface area contributed by atoms with Crippen molar-refractivity contribution in [1.29, 1.82) is 0 Å². The molecule has 5 nitrogen and oxygen atoms in total. The van der Waals surface area contributed by atoms with Gasteiger partial charge in [0.1, 0.15) is 0 Å². The molecular formula is C14H17Cl2N3O2. The van der Waals surface area contributed by atoms with Gasteiger partial charge in [-0.3, -0.25) is 4.79 Å². The third kappa shape index (κ3) is 4.74. The first kappa shape index (κ1) is 17.5. The number of nitrogens with zero attached hydrogens (tertiary/aromatic N) is 1. The molecule has 1 heterocycles. The molecule has 114 valence electrons. The minimum Gasteiger partial charge on any atom is -0.355 e. The van der Waals surface area contributed by atoms with Crippen molar-refractivity contribution in [3.05, 3.63) is 41.0 Å². The second-order valence-corrected chi connectivity index (χ2v) is 5.07. The SMILES string of the molecule is CC(CN)CNC(=O)c1cc(-c2cccc(Cl)c2)on1.Cl. The quantitative estimate of drug-likeness (QED) is 0.883.